The van der Waals surface area contributed by atoms with E-state index in [1.165, 1.54) is 12.8 Å². The summed E-state index contributed by atoms with van der Waals surface area (Å²) < 4.78 is 0.568. The van der Waals surface area contributed by atoms with Crippen LogP contribution in [0.15, 0.2) is 0 Å². The zero-order valence-electron chi connectivity index (χ0n) is 5.02. The molecule has 0 unspecified atom stereocenters. The monoisotopic (exact) mass is 189 g/mol. The first-order chi connectivity index (χ1) is 3.77. The van der Waals surface area contributed by atoms with Gasteiger partial charge in [0.15, 0.2) is 0 Å². The molecule has 0 fully saturated rings. The molecule has 0 aromatic carbocycles. The van der Waals surface area contributed by atoms with Gasteiger partial charge < -0.3 is 5.73 Å². The SMILES string of the molecule is CCCCSC(N)=S.[KH]. The van der Waals surface area contributed by atoms with E-state index in [1.54, 1.807) is 11.8 Å². The average Bonchev–Trinajstić information content (AvgIpc) is 1.66. The summed E-state index contributed by atoms with van der Waals surface area (Å²) in [5, 5.41) is 0. The summed E-state index contributed by atoms with van der Waals surface area (Å²) in [4.78, 5) is 0. The van der Waals surface area contributed by atoms with E-state index in [0.29, 0.717) is 4.32 Å². The van der Waals surface area contributed by atoms with Gasteiger partial charge in [0.2, 0.25) is 0 Å². The first kappa shape index (κ1) is 13.5. The Labute approximate surface area is 109 Å². The summed E-state index contributed by atoms with van der Waals surface area (Å²) in [5.74, 6) is 1.08. The second-order valence-corrected chi connectivity index (χ2v) is 3.36. The summed E-state index contributed by atoms with van der Waals surface area (Å²) in [6, 6.07) is 0. The van der Waals surface area contributed by atoms with Crippen LogP contribution in [0.1, 0.15) is 19.8 Å². The van der Waals surface area contributed by atoms with Crippen molar-refractivity contribution >= 4 is 79.7 Å². The van der Waals surface area contributed by atoms with Gasteiger partial charge in [-0.1, -0.05) is 37.3 Å². The Bertz CT molecular complexity index is 77.4. The van der Waals surface area contributed by atoms with Gasteiger partial charge in [-0.3, -0.25) is 0 Å². The minimum absolute atomic E-state index is 0. The molecule has 0 spiro atoms. The fraction of sp³-hybridized carbons (Fsp3) is 0.800. The molecule has 0 saturated carbocycles. The summed E-state index contributed by atoms with van der Waals surface area (Å²) >= 11 is 6.21. The van der Waals surface area contributed by atoms with Gasteiger partial charge in [-0.2, -0.15) is 0 Å². The van der Waals surface area contributed by atoms with E-state index in [2.05, 4.69) is 19.1 Å². The van der Waals surface area contributed by atoms with Crippen LogP contribution in [0.5, 0.6) is 0 Å². The summed E-state index contributed by atoms with van der Waals surface area (Å²) in [6.45, 7) is 2.15. The zero-order valence-corrected chi connectivity index (χ0v) is 6.65. The van der Waals surface area contributed by atoms with Crippen LogP contribution >= 0.6 is 24.0 Å². The Morgan fingerprint density at radius 2 is 2.22 bits per heavy atom. The van der Waals surface area contributed by atoms with Gasteiger partial charge in [0, 0.05) is 5.75 Å². The molecule has 0 aromatic rings. The van der Waals surface area contributed by atoms with Gasteiger partial charge in [-0.05, 0) is 6.42 Å². The molecule has 1 nitrogen and oxygen atoms in total. The Hall–Kier alpha value is 1.88. The predicted molar refractivity (Wildman–Crippen MR) is 51.3 cm³/mol. The molecule has 0 aliphatic rings. The molecular formula is C5H12KNS2. The molecule has 0 heterocycles. The van der Waals surface area contributed by atoms with Crippen LogP contribution in [0.2, 0.25) is 0 Å². The van der Waals surface area contributed by atoms with E-state index in [0.717, 1.165) is 5.75 Å². The van der Waals surface area contributed by atoms with Crippen molar-refractivity contribution in [1.29, 1.82) is 0 Å². The number of thiocarbonyl (C=S) groups is 1. The van der Waals surface area contributed by atoms with Gasteiger partial charge in [-0.25, -0.2) is 0 Å². The van der Waals surface area contributed by atoms with E-state index in [9.17, 15) is 0 Å². The van der Waals surface area contributed by atoms with Crippen molar-refractivity contribution in [2.75, 3.05) is 5.75 Å². The zero-order chi connectivity index (χ0) is 6.41. The molecule has 0 aliphatic carbocycles. The molecule has 0 aliphatic heterocycles. The van der Waals surface area contributed by atoms with Crippen molar-refractivity contribution in [3.05, 3.63) is 0 Å². The van der Waals surface area contributed by atoms with Gasteiger partial charge in [0.25, 0.3) is 0 Å². The Kier molecular flexibility index (Phi) is 14.8. The first-order valence-corrected chi connectivity index (χ1v) is 4.09. The first-order valence-electron chi connectivity index (χ1n) is 2.69. The Morgan fingerprint density at radius 3 is 2.56 bits per heavy atom. The predicted octanol–water partition coefficient (Wildman–Crippen LogP) is 1.11. The van der Waals surface area contributed by atoms with E-state index in [1.807, 2.05) is 0 Å². The van der Waals surface area contributed by atoms with Gasteiger partial charge in [0.05, 0.1) is 0 Å². The number of hydrogen-bond donors (Lipinski definition) is 1. The molecule has 0 rings (SSSR count). The van der Waals surface area contributed by atoms with Crippen LogP contribution in [0.3, 0.4) is 0 Å². The molecule has 0 radical (unpaired) electrons. The second-order valence-electron chi connectivity index (χ2n) is 1.52. The summed E-state index contributed by atoms with van der Waals surface area (Å²) in [5.41, 5.74) is 5.23. The maximum atomic E-state index is 5.23. The number of nitrogens with two attached hydrogens (primary N) is 1. The van der Waals surface area contributed by atoms with E-state index < -0.39 is 0 Å². The Morgan fingerprint density at radius 1 is 1.67 bits per heavy atom. The second kappa shape index (κ2) is 9.88. The van der Waals surface area contributed by atoms with Crippen LogP contribution in [-0.2, 0) is 0 Å². The third kappa shape index (κ3) is 13.0. The standard InChI is InChI=1S/C5H11NS2.K.H/c1-2-3-4-8-5(6)7;;/h2-4H2,1H3,(H2,6,7);;. The molecule has 9 heavy (non-hydrogen) atoms. The molecule has 0 saturated heterocycles. The van der Waals surface area contributed by atoms with Crippen LogP contribution in [-0.4, -0.2) is 61.5 Å². The normalized spacial score (nSPS) is 8.11. The van der Waals surface area contributed by atoms with Crippen molar-refractivity contribution in [3.8, 4) is 0 Å². The van der Waals surface area contributed by atoms with Crippen LogP contribution in [0, 0.1) is 0 Å². The molecule has 0 atom stereocenters. The van der Waals surface area contributed by atoms with E-state index >= 15 is 0 Å². The van der Waals surface area contributed by atoms with Gasteiger partial charge >= 0.3 is 51.4 Å². The number of hydrogen-bond acceptors (Lipinski definition) is 2. The van der Waals surface area contributed by atoms with Crippen LogP contribution < -0.4 is 5.73 Å². The van der Waals surface area contributed by atoms with Crippen LogP contribution in [0.25, 0.3) is 0 Å². The van der Waals surface area contributed by atoms with E-state index in [4.69, 9.17) is 5.73 Å². The average molecular weight is 189 g/mol. The third-order valence-corrected chi connectivity index (χ3v) is 1.87. The van der Waals surface area contributed by atoms with E-state index in [-0.39, 0.29) is 51.4 Å². The Balaban J connectivity index is 0. The topological polar surface area (TPSA) is 26.0 Å². The van der Waals surface area contributed by atoms with Crippen molar-refractivity contribution in [2.24, 2.45) is 5.73 Å². The van der Waals surface area contributed by atoms with Crippen molar-refractivity contribution in [2.45, 2.75) is 19.8 Å². The maximum absolute atomic E-state index is 5.23. The molecule has 0 aromatic heterocycles. The van der Waals surface area contributed by atoms with Gasteiger partial charge in [0.1, 0.15) is 4.32 Å². The molecule has 4 heteroatoms. The summed E-state index contributed by atoms with van der Waals surface area (Å²) in [6.07, 6.45) is 2.43. The molecule has 0 amide bonds. The number of rotatable bonds is 3. The number of unbranched alkanes of at least 4 members (excludes halogenated alkanes) is 1. The van der Waals surface area contributed by atoms with Crippen molar-refractivity contribution in [1.82, 2.24) is 0 Å². The molecule has 50 valence electrons. The third-order valence-electron chi connectivity index (χ3n) is 0.742. The van der Waals surface area contributed by atoms with Crippen molar-refractivity contribution < 1.29 is 0 Å². The molecular weight excluding hydrogens is 177 g/mol. The van der Waals surface area contributed by atoms with Gasteiger partial charge in [-0.15, -0.1) is 0 Å². The van der Waals surface area contributed by atoms with Crippen LogP contribution in [0.4, 0.5) is 0 Å². The van der Waals surface area contributed by atoms with Crippen molar-refractivity contribution in [3.63, 3.8) is 0 Å². The fourth-order valence-electron chi connectivity index (χ4n) is 0.317. The minimum atomic E-state index is 0. The molecule has 2 N–H and O–H groups in total. The fourth-order valence-corrected chi connectivity index (χ4v) is 1.20. The molecule has 0 bridgehead atoms. The quantitative estimate of drug-likeness (QED) is 0.409. The number of thioether (sulfide) groups is 1. The summed E-state index contributed by atoms with van der Waals surface area (Å²) in [7, 11) is 0.